The largest absolute Gasteiger partial charge is 0.432 e. The van der Waals surface area contributed by atoms with E-state index in [0.717, 1.165) is 6.54 Å². The molecular weight excluding hydrogens is 184 g/mol. The first-order valence-electron chi connectivity index (χ1n) is 4.72. The van der Waals surface area contributed by atoms with Crippen LogP contribution in [0.15, 0.2) is 10.7 Å². The van der Waals surface area contributed by atoms with Gasteiger partial charge in [-0.1, -0.05) is 0 Å². The van der Waals surface area contributed by atoms with E-state index in [9.17, 15) is 0 Å². The van der Waals surface area contributed by atoms with Gasteiger partial charge in [-0.3, -0.25) is 0 Å². The van der Waals surface area contributed by atoms with Gasteiger partial charge in [0.1, 0.15) is 12.0 Å². The monoisotopic (exact) mass is 200 g/mol. The minimum absolute atomic E-state index is 0.110. The maximum atomic E-state index is 8.80. The van der Waals surface area contributed by atoms with Gasteiger partial charge in [0.05, 0.1) is 6.61 Å². The second kappa shape index (κ2) is 5.62. The van der Waals surface area contributed by atoms with Crippen LogP contribution in [-0.4, -0.2) is 34.9 Å². The topological polar surface area (TPSA) is 69.7 Å². The Labute approximate surface area is 83.0 Å². The SMILES string of the molecule is CCN(CCCO)c1nc(CO)co1. The summed E-state index contributed by atoms with van der Waals surface area (Å²) in [6.45, 7) is 3.51. The predicted octanol–water partition coefficient (Wildman–Crippen LogP) is 0.376. The summed E-state index contributed by atoms with van der Waals surface area (Å²) in [4.78, 5) is 5.99. The minimum Gasteiger partial charge on any atom is -0.432 e. The van der Waals surface area contributed by atoms with Crippen molar-refractivity contribution in [3.63, 3.8) is 0 Å². The molecule has 0 amide bonds. The van der Waals surface area contributed by atoms with E-state index in [0.29, 0.717) is 24.7 Å². The van der Waals surface area contributed by atoms with Crippen molar-refractivity contribution in [3.8, 4) is 0 Å². The van der Waals surface area contributed by atoms with Crippen molar-refractivity contribution >= 4 is 6.01 Å². The van der Waals surface area contributed by atoms with Gasteiger partial charge in [0.2, 0.25) is 0 Å². The van der Waals surface area contributed by atoms with E-state index < -0.39 is 0 Å². The van der Waals surface area contributed by atoms with Gasteiger partial charge in [0.25, 0.3) is 6.01 Å². The molecule has 0 fully saturated rings. The average Bonchev–Trinajstić information content (AvgIpc) is 2.68. The molecule has 0 atom stereocenters. The Morgan fingerprint density at radius 3 is 2.79 bits per heavy atom. The molecule has 0 aromatic carbocycles. The van der Waals surface area contributed by atoms with Gasteiger partial charge in [-0.25, -0.2) is 0 Å². The molecular formula is C9H16N2O3. The second-order valence-corrected chi connectivity index (χ2v) is 2.94. The number of aromatic nitrogens is 1. The van der Waals surface area contributed by atoms with Gasteiger partial charge in [-0.15, -0.1) is 0 Å². The van der Waals surface area contributed by atoms with E-state index in [2.05, 4.69) is 4.98 Å². The van der Waals surface area contributed by atoms with Crippen molar-refractivity contribution in [2.75, 3.05) is 24.6 Å². The zero-order valence-corrected chi connectivity index (χ0v) is 8.31. The number of hydrogen-bond acceptors (Lipinski definition) is 5. The molecule has 5 nitrogen and oxygen atoms in total. The number of aliphatic hydroxyl groups excluding tert-OH is 2. The van der Waals surface area contributed by atoms with Gasteiger partial charge in [-0.05, 0) is 13.3 Å². The molecule has 0 aliphatic rings. The molecule has 1 aromatic rings. The van der Waals surface area contributed by atoms with Gasteiger partial charge in [-0.2, -0.15) is 4.98 Å². The van der Waals surface area contributed by atoms with E-state index in [1.165, 1.54) is 6.26 Å². The summed E-state index contributed by atoms with van der Waals surface area (Å²) >= 11 is 0. The Kier molecular flexibility index (Phi) is 4.42. The molecule has 80 valence electrons. The molecule has 1 rings (SSSR count). The molecule has 0 bridgehead atoms. The van der Waals surface area contributed by atoms with Crippen LogP contribution in [0.1, 0.15) is 19.0 Å². The average molecular weight is 200 g/mol. The normalized spacial score (nSPS) is 10.5. The summed E-state index contributed by atoms with van der Waals surface area (Å²) in [5.41, 5.74) is 0.530. The number of rotatable bonds is 6. The highest BCUT2D eigenvalue weighted by Gasteiger charge is 2.10. The quantitative estimate of drug-likeness (QED) is 0.694. The van der Waals surface area contributed by atoms with Crippen molar-refractivity contribution in [2.24, 2.45) is 0 Å². The summed E-state index contributed by atoms with van der Waals surface area (Å²) in [6, 6.07) is 0.505. The summed E-state index contributed by atoms with van der Waals surface area (Å²) in [5, 5.41) is 17.5. The van der Waals surface area contributed by atoms with Crippen molar-refractivity contribution in [1.82, 2.24) is 4.98 Å². The summed E-state index contributed by atoms with van der Waals surface area (Å²) in [6.07, 6.45) is 2.13. The number of oxazole rings is 1. The maximum Gasteiger partial charge on any atom is 0.297 e. The van der Waals surface area contributed by atoms with Gasteiger partial charge in [0.15, 0.2) is 0 Å². The zero-order chi connectivity index (χ0) is 10.4. The molecule has 5 heteroatoms. The lowest BCUT2D eigenvalue weighted by Gasteiger charge is -2.17. The lowest BCUT2D eigenvalue weighted by atomic mass is 10.4. The highest BCUT2D eigenvalue weighted by molar-refractivity contribution is 5.26. The number of anilines is 1. The Bertz CT molecular complexity index is 262. The highest BCUT2D eigenvalue weighted by atomic mass is 16.4. The van der Waals surface area contributed by atoms with E-state index in [-0.39, 0.29) is 13.2 Å². The predicted molar refractivity (Wildman–Crippen MR) is 52.0 cm³/mol. The van der Waals surface area contributed by atoms with Crippen molar-refractivity contribution in [3.05, 3.63) is 12.0 Å². The van der Waals surface area contributed by atoms with Gasteiger partial charge < -0.3 is 19.5 Å². The Morgan fingerprint density at radius 2 is 2.29 bits per heavy atom. The number of hydrogen-bond donors (Lipinski definition) is 2. The summed E-state index contributed by atoms with van der Waals surface area (Å²) < 4.78 is 5.18. The third kappa shape index (κ3) is 2.71. The molecule has 0 saturated carbocycles. The highest BCUT2D eigenvalue weighted by Crippen LogP contribution is 2.13. The fourth-order valence-electron chi connectivity index (χ4n) is 1.16. The summed E-state index contributed by atoms with van der Waals surface area (Å²) in [7, 11) is 0. The Morgan fingerprint density at radius 1 is 1.50 bits per heavy atom. The molecule has 0 spiro atoms. The van der Waals surface area contributed by atoms with Gasteiger partial charge >= 0.3 is 0 Å². The third-order valence-electron chi connectivity index (χ3n) is 1.94. The molecule has 14 heavy (non-hydrogen) atoms. The first kappa shape index (κ1) is 11.0. The molecule has 1 heterocycles. The molecule has 0 radical (unpaired) electrons. The summed E-state index contributed by atoms with van der Waals surface area (Å²) in [5.74, 6) is 0. The lowest BCUT2D eigenvalue weighted by molar-refractivity contribution is 0.276. The van der Waals surface area contributed by atoms with E-state index in [1.807, 2.05) is 11.8 Å². The second-order valence-electron chi connectivity index (χ2n) is 2.94. The fourth-order valence-corrected chi connectivity index (χ4v) is 1.16. The van der Waals surface area contributed by atoms with Crippen molar-refractivity contribution < 1.29 is 14.6 Å². The first-order valence-corrected chi connectivity index (χ1v) is 4.72. The van der Waals surface area contributed by atoms with Crippen LogP contribution in [0, 0.1) is 0 Å². The van der Waals surface area contributed by atoms with Crippen LogP contribution in [0.2, 0.25) is 0 Å². The minimum atomic E-state index is -0.110. The fraction of sp³-hybridized carbons (Fsp3) is 0.667. The molecule has 0 aliphatic heterocycles. The van der Waals surface area contributed by atoms with Crippen LogP contribution in [-0.2, 0) is 6.61 Å². The van der Waals surface area contributed by atoms with Crippen LogP contribution in [0.5, 0.6) is 0 Å². The number of aliphatic hydroxyl groups is 2. The molecule has 1 aromatic heterocycles. The van der Waals surface area contributed by atoms with E-state index in [1.54, 1.807) is 0 Å². The molecule has 0 saturated heterocycles. The Balaban J connectivity index is 2.58. The standard InChI is InChI=1S/C9H16N2O3/c1-2-11(4-3-5-12)9-10-8(6-13)7-14-9/h7,12-13H,2-6H2,1H3. The molecule has 0 aliphatic carbocycles. The third-order valence-corrected chi connectivity index (χ3v) is 1.94. The maximum absolute atomic E-state index is 8.80. The Hall–Kier alpha value is -1.07. The molecule has 0 unspecified atom stereocenters. The smallest absolute Gasteiger partial charge is 0.297 e. The van der Waals surface area contributed by atoms with Crippen LogP contribution in [0.4, 0.5) is 6.01 Å². The van der Waals surface area contributed by atoms with Crippen molar-refractivity contribution in [1.29, 1.82) is 0 Å². The van der Waals surface area contributed by atoms with Gasteiger partial charge in [0, 0.05) is 19.7 Å². The van der Waals surface area contributed by atoms with Crippen LogP contribution >= 0.6 is 0 Å². The number of nitrogens with zero attached hydrogens (tertiary/aromatic N) is 2. The van der Waals surface area contributed by atoms with Crippen LogP contribution < -0.4 is 4.90 Å². The first-order chi connectivity index (χ1) is 6.81. The molecule has 2 N–H and O–H groups in total. The van der Waals surface area contributed by atoms with E-state index >= 15 is 0 Å². The zero-order valence-electron chi connectivity index (χ0n) is 8.31. The van der Waals surface area contributed by atoms with Crippen LogP contribution in [0.3, 0.4) is 0 Å². The van der Waals surface area contributed by atoms with Crippen LogP contribution in [0.25, 0.3) is 0 Å². The lowest BCUT2D eigenvalue weighted by Crippen LogP contribution is -2.24. The van der Waals surface area contributed by atoms with E-state index in [4.69, 9.17) is 14.6 Å². The van der Waals surface area contributed by atoms with Crippen molar-refractivity contribution in [2.45, 2.75) is 20.0 Å².